The SMILES string of the molecule is COc1ccc(C(=O)NNc2nc3cc4c(cc3s2)OCO4)cc1OC. The maximum absolute atomic E-state index is 12.3. The molecule has 0 aliphatic carbocycles. The monoisotopic (exact) mass is 373 g/mol. The molecule has 0 fully saturated rings. The largest absolute Gasteiger partial charge is 0.493 e. The molecular formula is C17H15N3O5S. The van der Waals surface area contributed by atoms with E-state index < -0.39 is 0 Å². The predicted octanol–water partition coefficient (Wildman–Crippen LogP) is 2.80. The van der Waals surface area contributed by atoms with Gasteiger partial charge >= 0.3 is 0 Å². The smallest absolute Gasteiger partial charge is 0.269 e. The van der Waals surface area contributed by atoms with E-state index >= 15 is 0 Å². The number of aromatic nitrogens is 1. The highest BCUT2D eigenvalue weighted by molar-refractivity contribution is 7.22. The second-order valence-electron chi connectivity index (χ2n) is 5.34. The molecule has 1 aliphatic rings. The summed E-state index contributed by atoms with van der Waals surface area (Å²) >= 11 is 1.40. The molecule has 1 amide bonds. The van der Waals surface area contributed by atoms with Crippen LogP contribution in [-0.4, -0.2) is 31.9 Å². The molecule has 2 heterocycles. The first-order chi connectivity index (χ1) is 12.7. The van der Waals surface area contributed by atoms with E-state index in [4.69, 9.17) is 18.9 Å². The number of amides is 1. The first-order valence-electron chi connectivity index (χ1n) is 7.66. The zero-order valence-electron chi connectivity index (χ0n) is 14.0. The number of methoxy groups -OCH3 is 2. The summed E-state index contributed by atoms with van der Waals surface area (Å²) in [5, 5.41) is 0.553. The van der Waals surface area contributed by atoms with Crippen molar-refractivity contribution in [1.82, 2.24) is 10.4 Å². The molecule has 1 aromatic heterocycles. The Hall–Kier alpha value is -3.20. The minimum atomic E-state index is -0.320. The zero-order chi connectivity index (χ0) is 18.1. The summed E-state index contributed by atoms with van der Waals surface area (Å²) in [5.74, 6) is 2.08. The number of hydrogen-bond donors (Lipinski definition) is 2. The first kappa shape index (κ1) is 16.3. The van der Waals surface area contributed by atoms with E-state index in [0.717, 1.165) is 10.2 Å². The van der Waals surface area contributed by atoms with E-state index in [2.05, 4.69) is 15.8 Å². The number of ether oxygens (including phenoxy) is 4. The molecule has 26 heavy (non-hydrogen) atoms. The van der Waals surface area contributed by atoms with Gasteiger partial charge in [-0.1, -0.05) is 11.3 Å². The Morgan fingerprint density at radius 2 is 1.88 bits per heavy atom. The Morgan fingerprint density at radius 1 is 1.12 bits per heavy atom. The number of hydrogen-bond acceptors (Lipinski definition) is 8. The minimum Gasteiger partial charge on any atom is -0.493 e. The van der Waals surface area contributed by atoms with Crippen molar-refractivity contribution in [2.45, 2.75) is 0 Å². The number of rotatable bonds is 5. The average molecular weight is 373 g/mol. The fraction of sp³-hybridized carbons (Fsp3) is 0.176. The molecule has 2 aromatic carbocycles. The molecule has 8 nitrogen and oxygen atoms in total. The van der Waals surface area contributed by atoms with Crippen molar-refractivity contribution in [3.05, 3.63) is 35.9 Å². The molecule has 0 spiro atoms. The van der Waals surface area contributed by atoms with Gasteiger partial charge in [-0.05, 0) is 18.2 Å². The quantitative estimate of drug-likeness (QED) is 0.665. The van der Waals surface area contributed by atoms with Crippen LogP contribution in [0.2, 0.25) is 0 Å². The lowest BCUT2D eigenvalue weighted by Gasteiger charge is -2.10. The summed E-state index contributed by atoms with van der Waals surface area (Å²) < 4.78 is 22.0. The van der Waals surface area contributed by atoms with Gasteiger partial charge in [-0.15, -0.1) is 0 Å². The van der Waals surface area contributed by atoms with Crippen molar-refractivity contribution in [2.24, 2.45) is 0 Å². The number of benzene rings is 2. The second-order valence-corrected chi connectivity index (χ2v) is 6.37. The van der Waals surface area contributed by atoms with Gasteiger partial charge in [0.1, 0.15) is 0 Å². The van der Waals surface area contributed by atoms with Crippen molar-refractivity contribution in [1.29, 1.82) is 0 Å². The molecule has 4 rings (SSSR count). The van der Waals surface area contributed by atoms with Gasteiger partial charge in [-0.25, -0.2) is 4.98 Å². The van der Waals surface area contributed by atoms with Crippen molar-refractivity contribution in [3.8, 4) is 23.0 Å². The lowest BCUT2D eigenvalue weighted by atomic mass is 10.2. The van der Waals surface area contributed by atoms with Gasteiger partial charge in [0.2, 0.25) is 11.9 Å². The molecule has 0 atom stereocenters. The summed E-state index contributed by atoms with van der Waals surface area (Å²) in [6, 6.07) is 8.61. The molecule has 134 valence electrons. The van der Waals surface area contributed by atoms with E-state index in [1.165, 1.54) is 25.6 Å². The number of carbonyl (C=O) groups excluding carboxylic acids is 1. The van der Waals surface area contributed by atoms with Crippen LogP contribution in [0.3, 0.4) is 0 Å². The number of anilines is 1. The van der Waals surface area contributed by atoms with Crippen LogP contribution in [0.15, 0.2) is 30.3 Å². The molecule has 0 bridgehead atoms. The van der Waals surface area contributed by atoms with E-state index in [9.17, 15) is 4.79 Å². The van der Waals surface area contributed by atoms with Crippen LogP contribution in [0.1, 0.15) is 10.4 Å². The third-order valence-electron chi connectivity index (χ3n) is 3.81. The maximum atomic E-state index is 12.3. The second kappa shape index (κ2) is 6.60. The molecular weight excluding hydrogens is 358 g/mol. The number of nitrogens with zero attached hydrogens (tertiary/aromatic N) is 1. The van der Waals surface area contributed by atoms with Gasteiger partial charge in [0, 0.05) is 17.7 Å². The van der Waals surface area contributed by atoms with Gasteiger partial charge in [-0.3, -0.25) is 15.6 Å². The van der Waals surface area contributed by atoms with Gasteiger partial charge in [0.15, 0.2) is 23.0 Å². The Balaban J connectivity index is 1.48. The van der Waals surface area contributed by atoms with Crippen LogP contribution >= 0.6 is 11.3 Å². The Morgan fingerprint density at radius 3 is 2.65 bits per heavy atom. The molecule has 0 saturated heterocycles. The molecule has 0 saturated carbocycles. The highest BCUT2D eigenvalue weighted by Crippen LogP contribution is 2.38. The van der Waals surface area contributed by atoms with Crippen LogP contribution in [0.4, 0.5) is 5.13 Å². The van der Waals surface area contributed by atoms with Crippen LogP contribution in [0.25, 0.3) is 10.2 Å². The fourth-order valence-electron chi connectivity index (χ4n) is 2.53. The molecule has 0 unspecified atom stereocenters. The van der Waals surface area contributed by atoms with Gasteiger partial charge in [0.05, 0.1) is 24.4 Å². The number of fused-ring (bicyclic) bond motifs is 2. The lowest BCUT2D eigenvalue weighted by Crippen LogP contribution is -2.29. The van der Waals surface area contributed by atoms with E-state index in [0.29, 0.717) is 33.7 Å². The number of carbonyl (C=O) groups is 1. The van der Waals surface area contributed by atoms with Crippen LogP contribution < -0.4 is 29.8 Å². The first-order valence-corrected chi connectivity index (χ1v) is 8.48. The summed E-state index contributed by atoms with van der Waals surface area (Å²) in [7, 11) is 3.06. The summed E-state index contributed by atoms with van der Waals surface area (Å²) in [6.45, 7) is 0.221. The Kier molecular flexibility index (Phi) is 4.13. The molecule has 0 radical (unpaired) electrons. The topological polar surface area (TPSA) is 90.9 Å². The fourth-order valence-corrected chi connectivity index (χ4v) is 3.36. The molecule has 1 aliphatic heterocycles. The molecule has 2 N–H and O–H groups in total. The third-order valence-corrected chi connectivity index (χ3v) is 4.75. The van der Waals surface area contributed by atoms with Crippen LogP contribution in [0.5, 0.6) is 23.0 Å². The van der Waals surface area contributed by atoms with E-state index in [1.807, 2.05) is 12.1 Å². The van der Waals surface area contributed by atoms with E-state index in [1.54, 1.807) is 18.2 Å². The summed E-state index contributed by atoms with van der Waals surface area (Å²) in [4.78, 5) is 16.8. The Bertz CT molecular complexity index is 947. The number of thiazole rings is 1. The number of nitrogens with one attached hydrogen (secondary N) is 2. The van der Waals surface area contributed by atoms with Gasteiger partial charge in [-0.2, -0.15) is 0 Å². The number of hydrazine groups is 1. The van der Waals surface area contributed by atoms with Crippen LogP contribution in [-0.2, 0) is 0 Å². The highest BCUT2D eigenvalue weighted by Gasteiger charge is 2.17. The van der Waals surface area contributed by atoms with E-state index in [-0.39, 0.29) is 12.7 Å². The van der Waals surface area contributed by atoms with Crippen LogP contribution in [0, 0.1) is 0 Å². The molecule has 3 aromatic rings. The summed E-state index contributed by atoms with van der Waals surface area (Å²) in [6.07, 6.45) is 0. The van der Waals surface area contributed by atoms with Gasteiger partial charge in [0.25, 0.3) is 5.91 Å². The van der Waals surface area contributed by atoms with Crippen molar-refractivity contribution in [3.63, 3.8) is 0 Å². The van der Waals surface area contributed by atoms with Crippen molar-refractivity contribution >= 4 is 32.6 Å². The third kappa shape index (κ3) is 2.93. The molecule has 9 heteroatoms. The highest BCUT2D eigenvalue weighted by atomic mass is 32.1. The standard InChI is InChI=1S/C17H15N3O5S/c1-22-11-4-3-9(5-12(11)23-2)16(21)19-20-17-18-10-6-13-14(25-8-24-13)7-15(10)26-17/h3-7H,8H2,1-2H3,(H,18,20)(H,19,21). The normalized spacial score (nSPS) is 12.1. The minimum absolute atomic E-state index is 0.221. The predicted molar refractivity (Wildman–Crippen MR) is 96.4 cm³/mol. The Labute approximate surface area is 152 Å². The average Bonchev–Trinajstić information content (AvgIpc) is 3.28. The van der Waals surface area contributed by atoms with Gasteiger partial charge < -0.3 is 18.9 Å². The zero-order valence-corrected chi connectivity index (χ0v) is 14.8. The summed E-state index contributed by atoms with van der Waals surface area (Å²) in [5.41, 5.74) is 6.64. The lowest BCUT2D eigenvalue weighted by molar-refractivity contribution is 0.0962. The maximum Gasteiger partial charge on any atom is 0.269 e. The van der Waals surface area contributed by atoms with Crippen molar-refractivity contribution < 1.29 is 23.7 Å². The van der Waals surface area contributed by atoms with Crippen molar-refractivity contribution in [2.75, 3.05) is 26.4 Å².